The van der Waals surface area contributed by atoms with Crippen LogP contribution in [0, 0.1) is 5.41 Å². The van der Waals surface area contributed by atoms with Gasteiger partial charge in [-0.05, 0) is 32.9 Å². The van der Waals surface area contributed by atoms with Crippen molar-refractivity contribution in [2.75, 3.05) is 13.1 Å². The molecule has 16 heavy (non-hydrogen) atoms. The lowest BCUT2D eigenvalue weighted by Gasteiger charge is -2.04. The quantitative estimate of drug-likeness (QED) is 0.659. The number of amides is 1. The van der Waals surface area contributed by atoms with E-state index >= 15 is 0 Å². The van der Waals surface area contributed by atoms with Gasteiger partial charge in [-0.25, -0.2) is 0 Å². The number of hydrogen-bond acceptors (Lipinski definition) is 3. The van der Waals surface area contributed by atoms with E-state index in [4.69, 9.17) is 5.41 Å². The van der Waals surface area contributed by atoms with Gasteiger partial charge in [0.05, 0.1) is 12.3 Å². The Balaban J connectivity index is 4.26. The molecule has 2 N–H and O–H groups in total. The van der Waals surface area contributed by atoms with Crippen LogP contribution >= 0.6 is 0 Å². The average Bonchev–Trinajstić information content (AvgIpc) is 2.26. The van der Waals surface area contributed by atoms with Crippen LogP contribution in [0.5, 0.6) is 0 Å². The molecule has 0 aliphatic rings. The Bertz CT molecular complexity index is 327. The molecule has 4 nitrogen and oxygen atoms in total. The fraction of sp³-hybridized carbons (Fsp3) is 0.417. The second-order valence-corrected chi connectivity index (χ2v) is 3.06. The van der Waals surface area contributed by atoms with Crippen LogP contribution in [0.25, 0.3) is 0 Å². The first-order valence-corrected chi connectivity index (χ1v) is 5.31. The number of hydrogen-bond donors (Lipinski definition) is 2. The third-order valence-corrected chi connectivity index (χ3v) is 1.73. The molecule has 0 aromatic heterocycles. The van der Waals surface area contributed by atoms with E-state index in [0.717, 1.165) is 5.71 Å². The molecular formula is C12H19N3O. The molecule has 0 bridgehead atoms. The first-order chi connectivity index (χ1) is 7.65. The predicted molar refractivity (Wildman–Crippen MR) is 68.3 cm³/mol. The fourth-order valence-electron chi connectivity index (χ4n) is 1.07. The first kappa shape index (κ1) is 14.3. The van der Waals surface area contributed by atoms with Crippen molar-refractivity contribution >= 4 is 17.3 Å². The third-order valence-electron chi connectivity index (χ3n) is 1.73. The zero-order valence-corrected chi connectivity index (χ0v) is 10.1. The van der Waals surface area contributed by atoms with Gasteiger partial charge in [0.1, 0.15) is 5.71 Å². The molecule has 0 aromatic carbocycles. The van der Waals surface area contributed by atoms with Gasteiger partial charge in [-0.3, -0.25) is 15.2 Å². The lowest BCUT2D eigenvalue weighted by molar-refractivity contribution is -0.114. The monoisotopic (exact) mass is 221 g/mol. The van der Waals surface area contributed by atoms with E-state index in [2.05, 4.69) is 10.3 Å². The minimum atomic E-state index is -0.383. The van der Waals surface area contributed by atoms with Crippen molar-refractivity contribution in [2.45, 2.75) is 20.8 Å². The predicted octanol–water partition coefficient (Wildman–Crippen LogP) is 1.74. The van der Waals surface area contributed by atoms with Gasteiger partial charge in [-0.2, -0.15) is 0 Å². The second kappa shape index (κ2) is 8.59. The van der Waals surface area contributed by atoms with Gasteiger partial charge in [0.15, 0.2) is 0 Å². The Labute approximate surface area is 96.7 Å². The maximum atomic E-state index is 11.4. The van der Waals surface area contributed by atoms with Crippen LogP contribution in [0.3, 0.4) is 0 Å². The summed E-state index contributed by atoms with van der Waals surface area (Å²) in [4.78, 5) is 15.6. The molecule has 0 spiro atoms. The summed E-state index contributed by atoms with van der Waals surface area (Å²) in [6.45, 7) is 6.65. The molecule has 1 amide bonds. The molecule has 0 fully saturated rings. The molecule has 4 heteroatoms. The Kier molecular flexibility index (Phi) is 7.67. The zero-order valence-electron chi connectivity index (χ0n) is 10.1. The SMILES string of the molecule is C/C=C\C(=N)C(=O)NCC(/C=C\C)=NCC. The van der Waals surface area contributed by atoms with Crippen LogP contribution in [0.15, 0.2) is 29.3 Å². The number of carbonyl (C=O) groups is 1. The second-order valence-electron chi connectivity index (χ2n) is 3.06. The van der Waals surface area contributed by atoms with Gasteiger partial charge < -0.3 is 5.32 Å². The first-order valence-electron chi connectivity index (χ1n) is 5.31. The highest BCUT2D eigenvalue weighted by Gasteiger charge is 2.05. The number of rotatable bonds is 6. The number of allylic oxidation sites excluding steroid dienone is 2. The smallest absolute Gasteiger partial charge is 0.269 e. The Hall–Kier alpha value is -1.71. The lowest BCUT2D eigenvalue weighted by atomic mass is 10.3. The van der Waals surface area contributed by atoms with Crippen molar-refractivity contribution < 1.29 is 4.79 Å². The molecule has 0 radical (unpaired) electrons. The molecule has 0 aliphatic heterocycles. The summed E-state index contributed by atoms with van der Waals surface area (Å²) in [5.74, 6) is -0.383. The van der Waals surface area contributed by atoms with Crippen molar-refractivity contribution in [3.63, 3.8) is 0 Å². The third kappa shape index (κ3) is 5.90. The van der Waals surface area contributed by atoms with E-state index in [1.807, 2.05) is 26.0 Å². The largest absolute Gasteiger partial charge is 0.345 e. The van der Waals surface area contributed by atoms with Gasteiger partial charge in [0.2, 0.25) is 0 Å². The molecule has 88 valence electrons. The van der Waals surface area contributed by atoms with Gasteiger partial charge in [-0.1, -0.05) is 12.2 Å². The van der Waals surface area contributed by atoms with E-state index in [-0.39, 0.29) is 11.6 Å². The van der Waals surface area contributed by atoms with E-state index in [0.29, 0.717) is 13.1 Å². The van der Waals surface area contributed by atoms with Crippen molar-refractivity contribution in [2.24, 2.45) is 4.99 Å². The summed E-state index contributed by atoms with van der Waals surface area (Å²) < 4.78 is 0. The van der Waals surface area contributed by atoms with Gasteiger partial charge in [-0.15, -0.1) is 0 Å². The van der Waals surface area contributed by atoms with Crippen LogP contribution in [-0.2, 0) is 4.79 Å². The Morgan fingerprint density at radius 2 is 1.94 bits per heavy atom. The highest BCUT2D eigenvalue weighted by molar-refractivity contribution is 6.42. The Morgan fingerprint density at radius 3 is 2.44 bits per heavy atom. The van der Waals surface area contributed by atoms with E-state index in [1.165, 1.54) is 6.08 Å². The highest BCUT2D eigenvalue weighted by atomic mass is 16.1. The van der Waals surface area contributed by atoms with Crippen LogP contribution in [0.2, 0.25) is 0 Å². The van der Waals surface area contributed by atoms with Crippen LogP contribution < -0.4 is 5.32 Å². The Morgan fingerprint density at radius 1 is 1.31 bits per heavy atom. The van der Waals surface area contributed by atoms with Crippen LogP contribution in [-0.4, -0.2) is 30.4 Å². The number of nitrogens with zero attached hydrogens (tertiary/aromatic N) is 1. The molecule has 0 saturated carbocycles. The molecule has 0 heterocycles. The summed E-state index contributed by atoms with van der Waals surface area (Å²) >= 11 is 0. The molecule has 0 unspecified atom stereocenters. The molecule has 0 aliphatic carbocycles. The van der Waals surface area contributed by atoms with E-state index in [1.54, 1.807) is 13.0 Å². The van der Waals surface area contributed by atoms with Crippen LogP contribution in [0.4, 0.5) is 0 Å². The summed E-state index contributed by atoms with van der Waals surface area (Å²) in [5.41, 5.74) is 0.769. The summed E-state index contributed by atoms with van der Waals surface area (Å²) in [7, 11) is 0. The van der Waals surface area contributed by atoms with Gasteiger partial charge >= 0.3 is 0 Å². The maximum Gasteiger partial charge on any atom is 0.269 e. The molecule has 0 rings (SSSR count). The number of aliphatic imine (C=N–C) groups is 1. The molecule has 0 saturated heterocycles. The highest BCUT2D eigenvalue weighted by Crippen LogP contribution is 1.84. The standard InChI is InChI=1S/C12H19N3O/c1-4-7-10(14-6-3)9-15-12(16)11(13)8-5-2/h4-5,7-8,13H,6,9H2,1-3H3,(H,15,16)/b7-4-,8-5-,13-11?,14-10?. The number of nitrogens with one attached hydrogen (secondary N) is 2. The average molecular weight is 221 g/mol. The van der Waals surface area contributed by atoms with Crippen LogP contribution in [0.1, 0.15) is 20.8 Å². The molecule has 0 atom stereocenters. The fourth-order valence-corrected chi connectivity index (χ4v) is 1.07. The summed E-state index contributed by atoms with van der Waals surface area (Å²) in [6.07, 6.45) is 6.84. The van der Waals surface area contributed by atoms with Gasteiger partial charge in [0.25, 0.3) is 5.91 Å². The normalized spacial score (nSPS) is 12.3. The van der Waals surface area contributed by atoms with E-state index in [9.17, 15) is 4.79 Å². The number of carbonyl (C=O) groups excluding carboxylic acids is 1. The topological polar surface area (TPSA) is 65.3 Å². The van der Waals surface area contributed by atoms with Crippen molar-refractivity contribution in [1.82, 2.24) is 5.32 Å². The lowest BCUT2D eigenvalue weighted by Crippen LogP contribution is -2.33. The van der Waals surface area contributed by atoms with E-state index < -0.39 is 0 Å². The molecular weight excluding hydrogens is 202 g/mol. The van der Waals surface area contributed by atoms with Crippen molar-refractivity contribution in [3.05, 3.63) is 24.3 Å². The minimum Gasteiger partial charge on any atom is -0.345 e. The summed E-state index contributed by atoms with van der Waals surface area (Å²) in [6, 6.07) is 0. The zero-order chi connectivity index (χ0) is 12.4. The summed E-state index contributed by atoms with van der Waals surface area (Å²) in [5, 5.41) is 10.0. The van der Waals surface area contributed by atoms with Gasteiger partial charge in [0, 0.05) is 6.54 Å². The molecule has 0 aromatic rings. The minimum absolute atomic E-state index is 0.0428. The maximum absolute atomic E-state index is 11.4. The van der Waals surface area contributed by atoms with Crippen molar-refractivity contribution in [1.29, 1.82) is 5.41 Å². The van der Waals surface area contributed by atoms with Crippen molar-refractivity contribution in [3.8, 4) is 0 Å².